The molecule has 0 aliphatic heterocycles. The van der Waals surface area contributed by atoms with Gasteiger partial charge in [0.1, 0.15) is 11.5 Å². The van der Waals surface area contributed by atoms with E-state index >= 15 is 0 Å². The van der Waals surface area contributed by atoms with Gasteiger partial charge in [-0.05, 0) is 42.8 Å². The summed E-state index contributed by atoms with van der Waals surface area (Å²) in [6.45, 7) is 1.87. The topological polar surface area (TPSA) is 78.3 Å². The Balaban J connectivity index is 2.26. The minimum absolute atomic E-state index is 0.430. The lowest BCUT2D eigenvalue weighted by atomic mass is 10.2. The molecule has 4 nitrogen and oxygen atoms in total. The molecule has 2 aromatic rings. The van der Waals surface area contributed by atoms with Crippen LogP contribution in [-0.4, -0.2) is 5.91 Å². The average Bonchev–Trinajstić information content (AvgIpc) is 2.36. The second-order valence-corrected chi connectivity index (χ2v) is 4.54. The molecule has 0 aliphatic rings. The van der Waals surface area contributed by atoms with E-state index in [9.17, 15) is 4.79 Å². The largest absolute Gasteiger partial charge is 0.457 e. The Morgan fingerprint density at radius 1 is 1.21 bits per heavy atom. The molecule has 0 heterocycles. The van der Waals surface area contributed by atoms with Crippen molar-refractivity contribution in [1.82, 2.24) is 0 Å². The maximum Gasteiger partial charge on any atom is 0.248 e. The Morgan fingerprint density at radius 2 is 1.84 bits per heavy atom. The first-order valence-electron chi connectivity index (χ1n) is 5.60. The Morgan fingerprint density at radius 3 is 2.42 bits per heavy atom. The summed E-state index contributed by atoms with van der Waals surface area (Å²) < 4.78 is 5.69. The van der Waals surface area contributed by atoms with E-state index in [0.29, 0.717) is 27.8 Å². The lowest BCUT2D eigenvalue weighted by Crippen LogP contribution is -2.10. The standard InChI is InChI=1S/C14H13ClN2O2/c1-8-6-12(16)11(15)7-13(8)19-10-4-2-9(3-5-10)14(17)18/h2-7H,16H2,1H3,(H2,17,18). The monoisotopic (exact) mass is 276 g/mol. The van der Waals surface area contributed by atoms with Gasteiger partial charge in [0.15, 0.2) is 0 Å². The van der Waals surface area contributed by atoms with E-state index in [1.807, 2.05) is 6.92 Å². The third-order valence-corrected chi connectivity index (χ3v) is 2.99. The van der Waals surface area contributed by atoms with Crippen molar-refractivity contribution in [2.45, 2.75) is 6.92 Å². The zero-order valence-electron chi connectivity index (χ0n) is 10.3. The predicted octanol–water partition coefficient (Wildman–Crippen LogP) is 3.12. The Bertz CT molecular complexity index is 624. The summed E-state index contributed by atoms with van der Waals surface area (Å²) in [5.74, 6) is 0.734. The first-order chi connectivity index (χ1) is 8.97. The zero-order valence-corrected chi connectivity index (χ0v) is 11.1. The number of carbonyl (C=O) groups is 1. The van der Waals surface area contributed by atoms with E-state index < -0.39 is 5.91 Å². The molecule has 2 rings (SSSR count). The molecule has 19 heavy (non-hydrogen) atoms. The van der Waals surface area contributed by atoms with E-state index in [4.69, 9.17) is 27.8 Å². The van der Waals surface area contributed by atoms with Crippen molar-refractivity contribution in [2.24, 2.45) is 5.73 Å². The van der Waals surface area contributed by atoms with Crippen LogP contribution in [0.25, 0.3) is 0 Å². The highest BCUT2D eigenvalue weighted by Gasteiger charge is 2.07. The minimum atomic E-state index is -0.474. The first kappa shape index (κ1) is 13.2. The van der Waals surface area contributed by atoms with E-state index in [-0.39, 0.29) is 0 Å². The zero-order chi connectivity index (χ0) is 14.0. The van der Waals surface area contributed by atoms with Crippen molar-refractivity contribution in [1.29, 1.82) is 0 Å². The van der Waals surface area contributed by atoms with Crippen molar-refractivity contribution < 1.29 is 9.53 Å². The number of halogens is 1. The number of benzene rings is 2. The molecule has 0 atom stereocenters. The molecule has 0 fully saturated rings. The molecule has 0 spiro atoms. The maximum absolute atomic E-state index is 11.0. The number of ether oxygens (including phenoxy) is 1. The first-order valence-corrected chi connectivity index (χ1v) is 5.98. The summed E-state index contributed by atoms with van der Waals surface area (Å²) in [7, 11) is 0. The molecule has 0 bridgehead atoms. The number of anilines is 1. The van der Waals surface area contributed by atoms with Crippen LogP contribution in [0.3, 0.4) is 0 Å². The number of amides is 1. The van der Waals surface area contributed by atoms with Crippen molar-refractivity contribution >= 4 is 23.2 Å². The normalized spacial score (nSPS) is 10.2. The van der Waals surface area contributed by atoms with Gasteiger partial charge in [0.05, 0.1) is 10.7 Å². The van der Waals surface area contributed by atoms with Gasteiger partial charge >= 0.3 is 0 Å². The van der Waals surface area contributed by atoms with E-state index in [1.54, 1.807) is 36.4 Å². The Hall–Kier alpha value is -2.20. The number of nitrogen functional groups attached to an aromatic ring is 1. The molecule has 0 saturated heterocycles. The van der Waals surface area contributed by atoms with Crippen molar-refractivity contribution in [3.63, 3.8) is 0 Å². The third-order valence-electron chi connectivity index (χ3n) is 2.66. The molecular weight excluding hydrogens is 264 g/mol. The van der Waals surface area contributed by atoms with E-state index in [2.05, 4.69) is 0 Å². The molecule has 5 heteroatoms. The van der Waals surface area contributed by atoms with Crippen LogP contribution in [0.4, 0.5) is 5.69 Å². The van der Waals surface area contributed by atoms with Crippen molar-refractivity contribution in [2.75, 3.05) is 5.73 Å². The molecule has 0 aromatic heterocycles. The van der Waals surface area contributed by atoms with Crippen LogP contribution >= 0.6 is 11.6 Å². The van der Waals surface area contributed by atoms with Gasteiger partial charge in [0, 0.05) is 11.6 Å². The third kappa shape index (κ3) is 2.98. The van der Waals surface area contributed by atoms with Crippen LogP contribution in [-0.2, 0) is 0 Å². The summed E-state index contributed by atoms with van der Waals surface area (Å²) in [4.78, 5) is 11.0. The fraction of sp³-hybridized carbons (Fsp3) is 0.0714. The number of nitrogens with two attached hydrogens (primary N) is 2. The summed E-state index contributed by atoms with van der Waals surface area (Å²) in [5.41, 5.74) is 12.7. The molecule has 0 aliphatic carbocycles. The van der Waals surface area contributed by atoms with Crippen molar-refractivity contribution in [3.8, 4) is 11.5 Å². The average molecular weight is 277 g/mol. The number of hydrogen-bond donors (Lipinski definition) is 2. The molecule has 4 N–H and O–H groups in total. The summed E-state index contributed by atoms with van der Waals surface area (Å²) in [6, 6.07) is 9.95. The highest BCUT2D eigenvalue weighted by atomic mass is 35.5. The van der Waals surface area contributed by atoms with Gasteiger partial charge in [-0.15, -0.1) is 0 Å². The predicted molar refractivity (Wildman–Crippen MR) is 75.6 cm³/mol. The molecule has 0 saturated carbocycles. The van der Waals surface area contributed by atoms with Crippen molar-refractivity contribution in [3.05, 3.63) is 52.5 Å². The number of primary amides is 1. The van der Waals surface area contributed by atoms with Gasteiger partial charge in [-0.25, -0.2) is 0 Å². The van der Waals surface area contributed by atoms with Crippen LogP contribution in [0, 0.1) is 6.92 Å². The minimum Gasteiger partial charge on any atom is -0.457 e. The second-order valence-electron chi connectivity index (χ2n) is 4.13. The summed E-state index contributed by atoms with van der Waals surface area (Å²) in [6.07, 6.45) is 0. The number of rotatable bonds is 3. The number of carbonyl (C=O) groups excluding carboxylic acids is 1. The van der Waals surface area contributed by atoms with Crippen LogP contribution in [0.1, 0.15) is 15.9 Å². The lowest BCUT2D eigenvalue weighted by Gasteiger charge is -2.10. The second kappa shape index (κ2) is 5.20. The highest BCUT2D eigenvalue weighted by molar-refractivity contribution is 6.33. The summed E-state index contributed by atoms with van der Waals surface area (Å²) in [5, 5.41) is 0.439. The van der Waals surface area contributed by atoms with E-state index in [0.717, 1.165) is 5.56 Å². The highest BCUT2D eigenvalue weighted by Crippen LogP contribution is 2.31. The number of hydrogen-bond acceptors (Lipinski definition) is 3. The smallest absolute Gasteiger partial charge is 0.248 e. The lowest BCUT2D eigenvalue weighted by molar-refractivity contribution is 0.100. The van der Waals surface area contributed by atoms with Crippen LogP contribution in [0.15, 0.2) is 36.4 Å². The maximum atomic E-state index is 11.0. The quantitative estimate of drug-likeness (QED) is 0.846. The number of aryl methyl sites for hydroxylation is 1. The molecule has 0 radical (unpaired) electrons. The van der Waals surface area contributed by atoms with Gasteiger partial charge in [0.2, 0.25) is 5.91 Å². The fourth-order valence-electron chi connectivity index (χ4n) is 1.61. The fourth-order valence-corrected chi connectivity index (χ4v) is 1.76. The van der Waals surface area contributed by atoms with Gasteiger partial charge in [0.25, 0.3) is 0 Å². The van der Waals surface area contributed by atoms with Gasteiger partial charge in [-0.1, -0.05) is 11.6 Å². The van der Waals surface area contributed by atoms with Gasteiger partial charge < -0.3 is 16.2 Å². The van der Waals surface area contributed by atoms with Crippen LogP contribution in [0.5, 0.6) is 11.5 Å². The Kier molecular flexibility index (Phi) is 3.62. The molecule has 1 amide bonds. The summed E-state index contributed by atoms with van der Waals surface area (Å²) >= 11 is 5.95. The van der Waals surface area contributed by atoms with Gasteiger partial charge in [-0.2, -0.15) is 0 Å². The van der Waals surface area contributed by atoms with Crippen LogP contribution in [0.2, 0.25) is 5.02 Å². The van der Waals surface area contributed by atoms with Crippen LogP contribution < -0.4 is 16.2 Å². The van der Waals surface area contributed by atoms with E-state index in [1.165, 1.54) is 0 Å². The Labute approximate surface area is 115 Å². The van der Waals surface area contributed by atoms with Gasteiger partial charge in [-0.3, -0.25) is 4.79 Å². The molecule has 98 valence electrons. The SMILES string of the molecule is Cc1cc(N)c(Cl)cc1Oc1ccc(C(N)=O)cc1. The molecule has 2 aromatic carbocycles. The molecule has 0 unspecified atom stereocenters. The molecular formula is C14H13ClN2O2.